The summed E-state index contributed by atoms with van der Waals surface area (Å²) in [5, 5.41) is 7.57. The topological polar surface area (TPSA) is 76.3 Å². The molecule has 0 radical (unpaired) electrons. The van der Waals surface area contributed by atoms with Crippen LogP contribution >= 0.6 is 0 Å². The van der Waals surface area contributed by atoms with E-state index in [-0.39, 0.29) is 0 Å². The van der Waals surface area contributed by atoms with Crippen LogP contribution in [0.25, 0.3) is 23.0 Å². The van der Waals surface area contributed by atoms with Gasteiger partial charge in [-0.05, 0) is 101 Å². The number of likely N-dealkylation sites (tertiary alicyclic amines) is 1. The van der Waals surface area contributed by atoms with E-state index in [9.17, 15) is 0 Å². The summed E-state index contributed by atoms with van der Waals surface area (Å²) in [6.07, 6.45) is 5.06. The second-order valence-corrected chi connectivity index (χ2v) is 9.36. The van der Waals surface area contributed by atoms with Crippen LogP contribution in [0.3, 0.4) is 0 Å². The normalized spacial score (nSPS) is 18.5. The molecule has 5 rings (SSSR count). The molecular formula is C26H33N5O2. The van der Waals surface area contributed by atoms with Crippen molar-refractivity contribution in [3.8, 4) is 28.7 Å². The molecule has 0 amide bonds. The number of piperidine rings is 2. The van der Waals surface area contributed by atoms with E-state index in [4.69, 9.17) is 9.26 Å². The lowest BCUT2D eigenvalue weighted by molar-refractivity contribution is 0.121. The molecule has 2 aliphatic rings. The maximum absolute atomic E-state index is 6.17. The van der Waals surface area contributed by atoms with Crippen molar-refractivity contribution >= 4 is 0 Å². The Morgan fingerprint density at radius 2 is 1.82 bits per heavy atom. The summed E-state index contributed by atoms with van der Waals surface area (Å²) in [4.78, 5) is 11.7. The van der Waals surface area contributed by atoms with Gasteiger partial charge in [-0.3, -0.25) is 0 Å². The van der Waals surface area contributed by atoms with Crippen LogP contribution < -0.4 is 10.1 Å². The molecule has 1 N–H and O–H groups in total. The number of rotatable bonds is 7. The molecule has 4 heterocycles. The zero-order valence-corrected chi connectivity index (χ0v) is 19.4. The predicted molar refractivity (Wildman–Crippen MR) is 128 cm³/mol. The molecule has 2 aliphatic heterocycles. The van der Waals surface area contributed by atoms with Crippen LogP contribution in [0.1, 0.15) is 31.4 Å². The minimum absolute atomic E-state index is 0.477. The highest BCUT2D eigenvalue weighted by Crippen LogP contribution is 2.26. The number of hydrogen-bond donors (Lipinski definition) is 1. The lowest BCUT2D eigenvalue weighted by Crippen LogP contribution is -2.41. The van der Waals surface area contributed by atoms with Crippen LogP contribution in [-0.2, 0) is 0 Å². The maximum atomic E-state index is 6.17. The number of aromatic nitrogens is 3. The smallest absolute Gasteiger partial charge is 0.258 e. The van der Waals surface area contributed by atoms with Crippen molar-refractivity contribution in [2.45, 2.75) is 32.6 Å². The molecule has 2 saturated heterocycles. The van der Waals surface area contributed by atoms with Gasteiger partial charge in [-0.2, -0.15) is 4.98 Å². The van der Waals surface area contributed by atoms with Crippen LogP contribution in [-0.4, -0.2) is 59.4 Å². The molecule has 0 saturated carbocycles. The Kier molecular flexibility index (Phi) is 6.98. The van der Waals surface area contributed by atoms with Gasteiger partial charge in [0.15, 0.2) is 0 Å². The van der Waals surface area contributed by atoms with Crippen molar-refractivity contribution in [3.05, 3.63) is 48.2 Å². The molecule has 0 bridgehead atoms. The molecular weight excluding hydrogens is 414 g/mol. The highest BCUT2D eigenvalue weighted by molar-refractivity contribution is 5.59. The fraction of sp³-hybridized carbons (Fsp3) is 0.500. The quantitative estimate of drug-likeness (QED) is 0.582. The highest BCUT2D eigenvalue weighted by atomic mass is 16.5. The number of pyridine rings is 1. The first-order valence-corrected chi connectivity index (χ1v) is 12.2. The van der Waals surface area contributed by atoms with E-state index in [1.54, 1.807) is 0 Å². The van der Waals surface area contributed by atoms with Gasteiger partial charge in [0.25, 0.3) is 5.89 Å². The SMILES string of the molecule is Cc1cccc(-c2noc(-c3cccc(OCC4CCN(CC5CCNCC5)CC4)c3)n2)n1. The number of nitrogens with zero attached hydrogens (tertiary/aromatic N) is 4. The van der Waals surface area contributed by atoms with Crippen LogP contribution in [0.15, 0.2) is 47.0 Å². The Balaban J connectivity index is 1.13. The lowest BCUT2D eigenvalue weighted by atomic mass is 9.94. The first-order chi connectivity index (χ1) is 16.2. The average Bonchev–Trinajstić information content (AvgIpc) is 3.35. The molecule has 174 valence electrons. The number of nitrogens with one attached hydrogen (secondary N) is 1. The van der Waals surface area contributed by atoms with Gasteiger partial charge in [-0.15, -0.1) is 0 Å². The van der Waals surface area contributed by atoms with E-state index in [0.29, 0.717) is 23.3 Å². The van der Waals surface area contributed by atoms with Gasteiger partial charge in [-0.1, -0.05) is 17.3 Å². The molecule has 33 heavy (non-hydrogen) atoms. The van der Waals surface area contributed by atoms with Crippen LogP contribution in [0.2, 0.25) is 0 Å². The second-order valence-electron chi connectivity index (χ2n) is 9.36. The summed E-state index contributed by atoms with van der Waals surface area (Å²) in [6, 6.07) is 13.7. The standard InChI is InChI=1S/C26H33N5O2/c1-19-4-2-7-24(28-19)25-29-26(33-30-25)22-5-3-6-23(16-22)32-18-21-10-14-31(15-11-21)17-20-8-12-27-13-9-20/h2-7,16,20-21,27H,8-15,17-18H2,1H3. The highest BCUT2D eigenvalue weighted by Gasteiger charge is 2.23. The Hall–Kier alpha value is -2.77. The minimum Gasteiger partial charge on any atom is -0.493 e. The van der Waals surface area contributed by atoms with E-state index < -0.39 is 0 Å². The Morgan fingerprint density at radius 3 is 2.64 bits per heavy atom. The van der Waals surface area contributed by atoms with Gasteiger partial charge in [0.05, 0.1) is 6.61 Å². The van der Waals surface area contributed by atoms with E-state index in [1.165, 1.54) is 58.4 Å². The largest absolute Gasteiger partial charge is 0.493 e. The molecule has 7 nitrogen and oxygen atoms in total. The Morgan fingerprint density at radius 1 is 1.00 bits per heavy atom. The van der Waals surface area contributed by atoms with Crippen molar-refractivity contribution in [1.82, 2.24) is 25.3 Å². The molecule has 3 aromatic rings. The van der Waals surface area contributed by atoms with Crippen molar-refractivity contribution in [3.63, 3.8) is 0 Å². The maximum Gasteiger partial charge on any atom is 0.258 e. The van der Waals surface area contributed by atoms with Gasteiger partial charge < -0.3 is 19.5 Å². The first-order valence-electron chi connectivity index (χ1n) is 12.2. The molecule has 2 fully saturated rings. The summed E-state index contributed by atoms with van der Waals surface area (Å²) >= 11 is 0. The first kappa shape index (κ1) is 22.0. The van der Waals surface area contributed by atoms with E-state index in [2.05, 4.69) is 25.3 Å². The minimum atomic E-state index is 0.477. The summed E-state index contributed by atoms with van der Waals surface area (Å²) in [6.45, 7) is 8.72. The third-order valence-corrected chi connectivity index (χ3v) is 6.79. The number of ether oxygens (including phenoxy) is 1. The molecule has 7 heteroatoms. The molecule has 0 unspecified atom stereocenters. The lowest BCUT2D eigenvalue weighted by Gasteiger charge is -2.35. The van der Waals surface area contributed by atoms with E-state index in [1.807, 2.05) is 49.4 Å². The van der Waals surface area contributed by atoms with Gasteiger partial charge >= 0.3 is 0 Å². The molecule has 1 aromatic carbocycles. The van der Waals surface area contributed by atoms with Gasteiger partial charge in [0.2, 0.25) is 5.82 Å². The summed E-state index contributed by atoms with van der Waals surface area (Å²) in [7, 11) is 0. The second kappa shape index (κ2) is 10.4. The van der Waals surface area contributed by atoms with E-state index >= 15 is 0 Å². The number of aryl methyl sites for hydroxylation is 1. The summed E-state index contributed by atoms with van der Waals surface area (Å²) in [5.74, 6) is 3.30. The Bertz CT molecular complexity index is 1040. The van der Waals surface area contributed by atoms with Gasteiger partial charge in [-0.25, -0.2) is 4.98 Å². The van der Waals surface area contributed by atoms with Crippen molar-refractivity contribution < 1.29 is 9.26 Å². The number of hydrogen-bond acceptors (Lipinski definition) is 7. The Labute approximate surface area is 195 Å². The zero-order chi connectivity index (χ0) is 22.5. The summed E-state index contributed by atoms with van der Waals surface area (Å²) in [5.41, 5.74) is 2.49. The van der Waals surface area contributed by atoms with Crippen LogP contribution in [0.4, 0.5) is 0 Å². The van der Waals surface area contributed by atoms with Gasteiger partial charge in [0, 0.05) is 17.8 Å². The van der Waals surface area contributed by atoms with Crippen molar-refractivity contribution in [2.24, 2.45) is 11.8 Å². The number of benzene rings is 1. The zero-order valence-electron chi connectivity index (χ0n) is 19.4. The molecule has 0 aliphatic carbocycles. The van der Waals surface area contributed by atoms with Crippen LogP contribution in [0.5, 0.6) is 5.75 Å². The average molecular weight is 448 g/mol. The molecule has 0 spiro atoms. The monoisotopic (exact) mass is 447 g/mol. The van der Waals surface area contributed by atoms with Crippen molar-refractivity contribution in [1.29, 1.82) is 0 Å². The molecule has 2 aromatic heterocycles. The van der Waals surface area contributed by atoms with Gasteiger partial charge in [0.1, 0.15) is 11.4 Å². The third kappa shape index (κ3) is 5.78. The third-order valence-electron chi connectivity index (χ3n) is 6.79. The molecule has 0 atom stereocenters. The van der Waals surface area contributed by atoms with Crippen molar-refractivity contribution in [2.75, 3.05) is 39.3 Å². The van der Waals surface area contributed by atoms with Crippen LogP contribution in [0, 0.1) is 18.8 Å². The fourth-order valence-corrected chi connectivity index (χ4v) is 4.81. The fourth-order valence-electron chi connectivity index (χ4n) is 4.81. The predicted octanol–water partition coefficient (Wildman–Crippen LogP) is 4.20. The summed E-state index contributed by atoms with van der Waals surface area (Å²) < 4.78 is 11.7. The van der Waals surface area contributed by atoms with E-state index in [0.717, 1.165) is 29.5 Å².